The molecule has 2 aromatic heterocycles. The highest BCUT2D eigenvalue weighted by Gasteiger charge is 2.26. The van der Waals surface area contributed by atoms with Crippen molar-refractivity contribution in [3.63, 3.8) is 0 Å². The molecule has 3 heterocycles. The number of hydrogen-bond donors (Lipinski definition) is 0. The van der Waals surface area contributed by atoms with Gasteiger partial charge in [0.2, 0.25) is 5.91 Å². The lowest BCUT2D eigenvalue weighted by Crippen LogP contribution is -2.38. The minimum atomic E-state index is 0.250. The number of carbonyl (C=O) groups excluding carboxylic acids is 1. The quantitative estimate of drug-likeness (QED) is 0.340. The van der Waals surface area contributed by atoms with Crippen LogP contribution < -0.4 is 0 Å². The number of piperidine rings is 1. The van der Waals surface area contributed by atoms with Crippen LogP contribution in [0.3, 0.4) is 0 Å². The molecule has 0 aliphatic carbocycles. The van der Waals surface area contributed by atoms with Crippen LogP contribution in [0.25, 0.3) is 10.2 Å². The van der Waals surface area contributed by atoms with Gasteiger partial charge in [0.05, 0.1) is 21.6 Å². The van der Waals surface area contributed by atoms with Crippen molar-refractivity contribution in [2.75, 3.05) is 13.1 Å². The fourth-order valence-electron chi connectivity index (χ4n) is 4.53. The number of carbonyl (C=O) groups is 1. The molecule has 0 atom stereocenters. The van der Waals surface area contributed by atoms with Crippen LogP contribution in [0, 0.1) is 13.8 Å². The lowest BCUT2D eigenvalue weighted by Gasteiger charge is -2.31. The van der Waals surface area contributed by atoms with Crippen LogP contribution in [0.15, 0.2) is 53.9 Å². The number of amides is 1. The zero-order valence-electron chi connectivity index (χ0n) is 18.6. The molecule has 1 fully saturated rings. The first-order valence-corrected chi connectivity index (χ1v) is 13.0. The number of rotatable bonds is 5. The van der Waals surface area contributed by atoms with Crippen molar-refractivity contribution >= 4 is 38.8 Å². The van der Waals surface area contributed by atoms with E-state index in [1.54, 1.807) is 11.3 Å². The van der Waals surface area contributed by atoms with Crippen molar-refractivity contribution in [3.05, 3.63) is 86.0 Å². The number of likely N-dealkylation sites (tertiary alicyclic amines) is 1. The molecule has 1 saturated heterocycles. The third-order valence-electron chi connectivity index (χ3n) is 6.47. The molecule has 1 aliphatic rings. The zero-order valence-corrected chi connectivity index (χ0v) is 20.3. The summed E-state index contributed by atoms with van der Waals surface area (Å²) in [6, 6.07) is 17.4. The van der Waals surface area contributed by atoms with E-state index in [4.69, 9.17) is 4.98 Å². The summed E-state index contributed by atoms with van der Waals surface area (Å²) >= 11 is 3.63. The Balaban J connectivity index is 1.22. The molecule has 0 N–H and O–H groups in total. The number of aryl methyl sites for hydroxylation is 2. The molecule has 2 aromatic carbocycles. The lowest BCUT2D eigenvalue weighted by atomic mass is 9.96. The second-order valence-electron chi connectivity index (χ2n) is 8.87. The van der Waals surface area contributed by atoms with Gasteiger partial charge in [0.15, 0.2) is 0 Å². The maximum atomic E-state index is 12.9. The van der Waals surface area contributed by atoms with Gasteiger partial charge < -0.3 is 4.90 Å². The van der Waals surface area contributed by atoms with E-state index in [1.807, 2.05) is 16.2 Å². The summed E-state index contributed by atoms with van der Waals surface area (Å²) in [5, 5.41) is 3.36. The second-order valence-corrected chi connectivity index (χ2v) is 11.0. The predicted molar refractivity (Wildman–Crippen MR) is 135 cm³/mol. The molecule has 5 heteroatoms. The van der Waals surface area contributed by atoms with Crippen LogP contribution in [0.2, 0.25) is 0 Å². The standard InChI is InChI=1S/C27H28N2OS2/c1-18-5-6-19(2)22(14-18)17-26(30)29-11-9-21(10-12-29)27-28-24-16-20(7-8-25(24)32-27)15-23-4-3-13-31-23/h3-8,13-14,16,21H,9-12,15,17H2,1-2H3. The molecule has 5 rings (SSSR count). The Labute approximate surface area is 197 Å². The summed E-state index contributed by atoms with van der Waals surface area (Å²) in [5.74, 6) is 0.706. The molecule has 32 heavy (non-hydrogen) atoms. The number of hydrogen-bond acceptors (Lipinski definition) is 4. The van der Waals surface area contributed by atoms with E-state index in [0.29, 0.717) is 12.3 Å². The highest BCUT2D eigenvalue weighted by atomic mass is 32.1. The summed E-state index contributed by atoms with van der Waals surface area (Å²) in [4.78, 5) is 21.3. The van der Waals surface area contributed by atoms with Crippen LogP contribution in [-0.2, 0) is 17.6 Å². The molecule has 0 saturated carbocycles. The van der Waals surface area contributed by atoms with E-state index in [0.717, 1.165) is 43.4 Å². The number of aromatic nitrogens is 1. The Bertz CT molecular complexity index is 1230. The fourth-order valence-corrected chi connectivity index (χ4v) is 6.39. The van der Waals surface area contributed by atoms with Gasteiger partial charge >= 0.3 is 0 Å². The first kappa shape index (κ1) is 21.4. The second kappa shape index (κ2) is 9.16. The fraction of sp³-hybridized carbons (Fsp3) is 0.333. The highest BCUT2D eigenvalue weighted by molar-refractivity contribution is 7.18. The maximum Gasteiger partial charge on any atom is 0.227 e. The van der Waals surface area contributed by atoms with Crippen LogP contribution in [0.5, 0.6) is 0 Å². The molecule has 4 aromatic rings. The number of thiophene rings is 1. The Morgan fingerprint density at radius 1 is 1.09 bits per heavy atom. The van der Waals surface area contributed by atoms with Crippen molar-refractivity contribution in [3.8, 4) is 0 Å². The van der Waals surface area contributed by atoms with Crippen LogP contribution in [-0.4, -0.2) is 28.9 Å². The van der Waals surface area contributed by atoms with Crippen LogP contribution in [0.1, 0.15) is 50.9 Å². The van der Waals surface area contributed by atoms with Gasteiger partial charge in [-0.1, -0.05) is 35.9 Å². The average Bonchev–Trinajstić information content (AvgIpc) is 3.46. The molecular weight excluding hydrogens is 432 g/mol. The van der Waals surface area contributed by atoms with Crippen molar-refractivity contribution in [1.29, 1.82) is 0 Å². The molecule has 0 radical (unpaired) electrons. The van der Waals surface area contributed by atoms with E-state index in [-0.39, 0.29) is 5.91 Å². The number of nitrogens with zero attached hydrogens (tertiary/aromatic N) is 2. The minimum Gasteiger partial charge on any atom is -0.342 e. The monoisotopic (exact) mass is 460 g/mol. The largest absolute Gasteiger partial charge is 0.342 e. The van der Waals surface area contributed by atoms with Crippen molar-refractivity contribution in [2.45, 2.75) is 45.4 Å². The Kier molecular flexibility index (Phi) is 6.11. The third kappa shape index (κ3) is 4.64. The number of benzene rings is 2. The Morgan fingerprint density at radius 3 is 2.72 bits per heavy atom. The van der Waals surface area contributed by atoms with Crippen molar-refractivity contribution in [1.82, 2.24) is 9.88 Å². The summed E-state index contributed by atoms with van der Waals surface area (Å²) in [6.45, 7) is 5.83. The van der Waals surface area contributed by atoms with Crippen molar-refractivity contribution < 1.29 is 4.79 Å². The minimum absolute atomic E-state index is 0.250. The van der Waals surface area contributed by atoms with Gasteiger partial charge in [-0.3, -0.25) is 4.79 Å². The van der Waals surface area contributed by atoms with E-state index in [1.165, 1.54) is 31.3 Å². The Morgan fingerprint density at radius 2 is 1.94 bits per heavy atom. The van der Waals surface area contributed by atoms with Gasteiger partial charge in [-0.05, 0) is 67.0 Å². The van der Waals surface area contributed by atoms with Gasteiger partial charge in [0.25, 0.3) is 0 Å². The molecule has 3 nitrogen and oxygen atoms in total. The molecule has 1 aliphatic heterocycles. The molecule has 1 amide bonds. The summed E-state index contributed by atoms with van der Waals surface area (Å²) in [5.41, 5.74) is 6.01. The van der Waals surface area contributed by atoms with Crippen LogP contribution in [0.4, 0.5) is 0 Å². The number of fused-ring (bicyclic) bond motifs is 1. The molecule has 0 spiro atoms. The molecule has 0 unspecified atom stereocenters. The van der Waals surface area contributed by atoms with Crippen LogP contribution >= 0.6 is 22.7 Å². The first-order chi connectivity index (χ1) is 15.5. The highest BCUT2D eigenvalue weighted by Crippen LogP contribution is 2.34. The smallest absolute Gasteiger partial charge is 0.227 e. The summed E-state index contributed by atoms with van der Waals surface area (Å²) in [6.07, 6.45) is 3.48. The summed E-state index contributed by atoms with van der Waals surface area (Å²) in [7, 11) is 0. The Hall–Kier alpha value is -2.50. The molecule has 0 bridgehead atoms. The van der Waals surface area contributed by atoms with Gasteiger partial charge in [0, 0.05) is 30.3 Å². The molecule has 164 valence electrons. The first-order valence-electron chi connectivity index (χ1n) is 11.3. The maximum absolute atomic E-state index is 12.9. The number of thiazole rings is 1. The lowest BCUT2D eigenvalue weighted by molar-refractivity contribution is -0.131. The third-order valence-corrected chi connectivity index (χ3v) is 8.55. The topological polar surface area (TPSA) is 33.2 Å². The van der Waals surface area contributed by atoms with Gasteiger partial charge in [0.1, 0.15) is 0 Å². The van der Waals surface area contributed by atoms with E-state index in [2.05, 4.69) is 67.8 Å². The van der Waals surface area contributed by atoms with Gasteiger partial charge in [-0.15, -0.1) is 22.7 Å². The predicted octanol–water partition coefficient (Wildman–Crippen LogP) is 6.51. The SMILES string of the molecule is Cc1ccc(C)c(CC(=O)N2CCC(c3nc4cc(Cc5cccs5)ccc4s3)CC2)c1. The van der Waals surface area contributed by atoms with Crippen molar-refractivity contribution in [2.24, 2.45) is 0 Å². The normalized spacial score (nSPS) is 14.9. The zero-order chi connectivity index (χ0) is 22.1. The van der Waals surface area contributed by atoms with E-state index >= 15 is 0 Å². The van der Waals surface area contributed by atoms with E-state index < -0.39 is 0 Å². The average molecular weight is 461 g/mol. The van der Waals surface area contributed by atoms with Gasteiger partial charge in [-0.25, -0.2) is 4.98 Å². The summed E-state index contributed by atoms with van der Waals surface area (Å²) < 4.78 is 1.27. The molecular formula is C27H28N2OS2. The van der Waals surface area contributed by atoms with Gasteiger partial charge in [-0.2, -0.15) is 0 Å². The van der Waals surface area contributed by atoms with E-state index in [9.17, 15) is 4.79 Å².